The summed E-state index contributed by atoms with van der Waals surface area (Å²) in [6.07, 6.45) is 2.79. The van der Waals surface area contributed by atoms with Crippen molar-refractivity contribution >= 4 is 38.3 Å². The van der Waals surface area contributed by atoms with Gasteiger partial charge in [0.15, 0.2) is 0 Å². The molecule has 1 aliphatic heterocycles. The molecular formula is C32H26F3N5O8S. The summed E-state index contributed by atoms with van der Waals surface area (Å²) in [5.74, 6) is -4.57. The van der Waals surface area contributed by atoms with Gasteiger partial charge in [0, 0.05) is 55.0 Å². The number of halogens is 3. The molecule has 1 unspecified atom stereocenters. The van der Waals surface area contributed by atoms with Crippen molar-refractivity contribution in [2.75, 3.05) is 32.8 Å². The van der Waals surface area contributed by atoms with Gasteiger partial charge in [-0.3, -0.25) is 4.98 Å². The highest BCUT2D eigenvalue weighted by Gasteiger charge is 2.29. The second kappa shape index (κ2) is 13.5. The van der Waals surface area contributed by atoms with Gasteiger partial charge < -0.3 is 29.4 Å². The minimum Gasteiger partial charge on any atom is -0.480 e. The Morgan fingerprint density at radius 1 is 0.959 bits per heavy atom. The predicted molar refractivity (Wildman–Crippen MR) is 168 cm³/mol. The van der Waals surface area contributed by atoms with Crippen molar-refractivity contribution in [1.29, 1.82) is 0 Å². The third-order valence-electron chi connectivity index (χ3n) is 7.34. The van der Waals surface area contributed by atoms with E-state index in [1.165, 1.54) is 32.5 Å². The predicted octanol–water partition coefficient (Wildman–Crippen LogP) is 5.43. The number of carboxylic acid groups (broad SMARTS) is 1. The van der Waals surface area contributed by atoms with Crippen LogP contribution in [-0.2, 0) is 14.8 Å². The number of nitrogens with one attached hydrogen (secondary N) is 2. The zero-order chi connectivity index (χ0) is 34.9. The Morgan fingerprint density at radius 3 is 2.39 bits per heavy atom. The minimum absolute atomic E-state index is 0.000352. The van der Waals surface area contributed by atoms with E-state index < -0.39 is 44.4 Å². The van der Waals surface area contributed by atoms with Crippen LogP contribution in [0.3, 0.4) is 0 Å². The summed E-state index contributed by atoms with van der Waals surface area (Å²) in [6.45, 7) is 0.457. The number of benzene rings is 3. The molecule has 0 saturated carbocycles. The smallest absolute Gasteiger partial charge is 0.335 e. The maximum Gasteiger partial charge on any atom is 0.335 e. The van der Waals surface area contributed by atoms with E-state index in [1.807, 2.05) is 0 Å². The van der Waals surface area contributed by atoms with Crippen LogP contribution < -0.4 is 24.2 Å². The molecule has 1 fully saturated rings. The number of pyridine rings is 1. The molecule has 17 heteroatoms. The summed E-state index contributed by atoms with van der Waals surface area (Å²) < 4.78 is 95.2. The maximum absolute atomic E-state index is 16.3. The highest BCUT2D eigenvalue weighted by Crippen LogP contribution is 2.39. The first-order valence-electron chi connectivity index (χ1n) is 14.4. The maximum atomic E-state index is 16.3. The first-order valence-corrected chi connectivity index (χ1v) is 15.9. The topological polar surface area (TPSA) is 171 Å². The van der Waals surface area contributed by atoms with E-state index in [0.29, 0.717) is 19.1 Å². The Morgan fingerprint density at radius 2 is 1.71 bits per heavy atom. The van der Waals surface area contributed by atoms with Gasteiger partial charge in [0.25, 0.3) is 0 Å². The molecule has 2 aromatic heterocycles. The Labute approximate surface area is 276 Å². The zero-order valence-electron chi connectivity index (χ0n) is 25.7. The number of aromatic nitrogens is 3. The number of carbonyl (C=O) groups is 1. The first-order chi connectivity index (χ1) is 23.4. The van der Waals surface area contributed by atoms with Crippen LogP contribution in [0.5, 0.6) is 23.4 Å². The first kappa shape index (κ1) is 33.4. The van der Waals surface area contributed by atoms with Gasteiger partial charge in [-0.15, -0.1) is 0 Å². The van der Waals surface area contributed by atoms with Crippen molar-refractivity contribution in [1.82, 2.24) is 19.7 Å². The third-order valence-corrected chi connectivity index (χ3v) is 8.87. The second-order valence-corrected chi connectivity index (χ2v) is 12.4. The number of aromatic carboxylic acids is 1. The highest BCUT2D eigenvalue weighted by molar-refractivity contribution is 7.89. The Hall–Kier alpha value is -5.52. The number of anilines is 2. The van der Waals surface area contributed by atoms with Crippen LogP contribution in [0.15, 0.2) is 65.8 Å². The highest BCUT2D eigenvalue weighted by atomic mass is 32.2. The summed E-state index contributed by atoms with van der Waals surface area (Å²) in [5.41, 5.74) is -0.164. The van der Waals surface area contributed by atoms with Gasteiger partial charge in [-0.05, 0) is 36.2 Å². The fraction of sp³-hybridized carbons (Fsp3) is 0.188. The van der Waals surface area contributed by atoms with E-state index in [9.17, 15) is 27.1 Å². The molecule has 3 heterocycles. The normalized spacial score (nSPS) is 14.5. The fourth-order valence-electron chi connectivity index (χ4n) is 5.18. The molecule has 0 radical (unpaired) electrons. The molecule has 1 saturated heterocycles. The average molecular weight is 698 g/mol. The molecule has 13 nitrogen and oxygen atoms in total. The molecule has 0 amide bonds. The molecule has 1 aliphatic rings. The van der Waals surface area contributed by atoms with Crippen LogP contribution in [-0.4, -0.2) is 67.9 Å². The van der Waals surface area contributed by atoms with Gasteiger partial charge >= 0.3 is 12.0 Å². The molecule has 6 rings (SSSR count). The number of nitrogens with zero attached hydrogens (tertiary/aromatic N) is 3. The van der Waals surface area contributed by atoms with E-state index in [0.717, 1.165) is 36.5 Å². The summed E-state index contributed by atoms with van der Waals surface area (Å²) in [6, 6.07) is 7.92. The number of sulfonamides is 1. The van der Waals surface area contributed by atoms with Crippen LogP contribution in [0.1, 0.15) is 16.8 Å². The van der Waals surface area contributed by atoms with Gasteiger partial charge in [-0.25, -0.2) is 36.1 Å². The monoisotopic (exact) mass is 697 g/mol. The van der Waals surface area contributed by atoms with Crippen LogP contribution in [0.4, 0.5) is 24.5 Å². The van der Waals surface area contributed by atoms with E-state index in [-0.39, 0.29) is 69.0 Å². The molecule has 0 spiro atoms. The molecule has 0 bridgehead atoms. The fourth-order valence-corrected chi connectivity index (χ4v) is 6.54. The van der Waals surface area contributed by atoms with Crippen LogP contribution in [0.25, 0.3) is 22.0 Å². The second-order valence-electron chi connectivity index (χ2n) is 10.7. The van der Waals surface area contributed by atoms with E-state index >= 15 is 4.39 Å². The molecule has 3 aromatic carbocycles. The van der Waals surface area contributed by atoms with Crippen molar-refractivity contribution in [3.8, 4) is 34.5 Å². The number of hydrogen-bond donors (Lipinski definition) is 3. The van der Waals surface area contributed by atoms with Crippen LogP contribution in [0.2, 0.25) is 0 Å². The summed E-state index contributed by atoms with van der Waals surface area (Å²) in [7, 11) is -1.66. The van der Waals surface area contributed by atoms with E-state index in [2.05, 4.69) is 25.0 Å². The van der Waals surface area contributed by atoms with Crippen molar-refractivity contribution in [3.63, 3.8) is 0 Å². The number of carboxylic acids is 1. The van der Waals surface area contributed by atoms with E-state index in [1.54, 1.807) is 0 Å². The van der Waals surface area contributed by atoms with Gasteiger partial charge in [-0.2, -0.15) is 4.98 Å². The Balaban J connectivity index is 1.51. The van der Waals surface area contributed by atoms with Crippen LogP contribution in [0, 0.1) is 17.5 Å². The lowest BCUT2D eigenvalue weighted by atomic mass is 10.0. The third kappa shape index (κ3) is 7.18. The largest absolute Gasteiger partial charge is 0.480 e. The quantitative estimate of drug-likeness (QED) is 0.160. The van der Waals surface area contributed by atoms with Crippen molar-refractivity contribution < 1.29 is 50.4 Å². The molecule has 0 aliphatic carbocycles. The summed E-state index contributed by atoms with van der Waals surface area (Å²) >= 11 is 0. The van der Waals surface area contributed by atoms with Gasteiger partial charge in [0.2, 0.25) is 15.9 Å². The van der Waals surface area contributed by atoms with Gasteiger partial charge in [0.1, 0.15) is 33.8 Å². The molecule has 3 N–H and O–H groups in total. The van der Waals surface area contributed by atoms with E-state index in [4.69, 9.17) is 18.9 Å². The molecule has 5 aromatic rings. The van der Waals surface area contributed by atoms with Crippen molar-refractivity contribution in [2.45, 2.75) is 17.4 Å². The summed E-state index contributed by atoms with van der Waals surface area (Å²) in [5, 5.41) is 12.4. The van der Waals surface area contributed by atoms with Gasteiger partial charge in [-0.1, -0.05) is 0 Å². The SMILES string of the molecule is COc1ncc(-c2cc(F)c3c(Nc4cc(Oc5cc(F)cc(F)c5)cc(C(=O)O)c4)c(S(=O)(=O)NC4CCOC4)cnc3c2)c(OC)n1. The number of fused-ring (bicyclic) bond motifs is 1. The number of ether oxygens (including phenoxy) is 4. The molecular weight excluding hydrogens is 671 g/mol. The van der Waals surface area contributed by atoms with Crippen LogP contribution >= 0.6 is 0 Å². The van der Waals surface area contributed by atoms with Gasteiger partial charge in [0.05, 0.1) is 48.5 Å². The molecule has 49 heavy (non-hydrogen) atoms. The minimum atomic E-state index is -4.38. The average Bonchev–Trinajstić information content (AvgIpc) is 3.56. The van der Waals surface area contributed by atoms with Crippen molar-refractivity contribution in [3.05, 3.63) is 83.9 Å². The standard InChI is InChI=1S/C32H26F3N5O8S/c1-45-30-24(13-37-32(39-30)46-2)16-7-25(35)28-26(8-16)36-14-27(49(43,44)40-20-3-4-47-15-20)29(28)38-21-5-17(31(41)42)6-22(12-21)48-23-10-18(33)9-19(34)11-23/h5-14,20,40H,3-4,15H2,1-2H3,(H,36,38)(H,41,42). The number of methoxy groups -OCH3 is 2. The lowest BCUT2D eigenvalue weighted by Crippen LogP contribution is -2.35. The lowest BCUT2D eigenvalue weighted by molar-refractivity contribution is 0.0696. The molecule has 254 valence electrons. The summed E-state index contributed by atoms with van der Waals surface area (Å²) in [4.78, 5) is 24.0. The molecule has 1 atom stereocenters. The lowest BCUT2D eigenvalue weighted by Gasteiger charge is -2.19. The Kier molecular flexibility index (Phi) is 9.22. The Bertz CT molecular complexity index is 2180. The van der Waals surface area contributed by atoms with Crippen molar-refractivity contribution in [2.24, 2.45) is 0 Å². The number of rotatable bonds is 11. The zero-order valence-corrected chi connectivity index (χ0v) is 26.5. The number of hydrogen-bond acceptors (Lipinski definition) is 11.